The largest absolute Gasteiger partial charge is 0.496 e. The van der Waals surface area contributed by atoms with E-state index in [0.29, 0.717) is 22.2 Å². The van der Waals surface area contributed by atoms with Crippen molar-refractivity contribution in [1.29, 1.82) is 0 Å². The molecule has 45 heavy (non-hydrogen) atoms. The van der Waals surface area contributed by atoms with Gasteiger partial charge in [-0.15, -0.1) is 0 Å². The van der Waals surface area contributed by atoms with Crippen molar-refractivity contribution in [2.75, 3.05) is 19.0 Å². The van der Waals surface area contributed by atoms with Gasteiger partial charge in [0.15, 0.2) is 5.60 Å². The predicted molar refractivity (Wildman–Crippen MR) is 160 cm³/mol. The van der Waals surface area contributed by atoms with Crippen LogP contribution in [-0.4, -0.2) is 58.2 Å². The van der Waals surface area contributed by atoms with Crippen molar-refractivity contribution in [2.45, 2.75) is 57.3 Å². The molecule has 0 aliphatic rings. The molecule has 2 atom stereocenters. The van der Waals surface area contributed by atoms with Crippen molar-refractivity contribution in [1.82, 2.24) is 15.1 Å². The van der Waals surface area contributed by atoms with Crippen LogP contribution in [0, 0.1) is 24.9 Å². The van der Waals surface area contributed by atoms with E-state index in [-0.39, 0.29) is 22.6 Å². The second-order valence-corrected chi connectivity index (χ2v) is 11.6. The number of hydrogen-bond acceptors (Lipinski definition) is 6. The molecule has 0 aliphatic carbocycles. The Morgan fingerprint density at radius 1 is 1.18 bits per heavy atom. The second kappa shape index (κ2) is 12.3. The highest BCUT2D eigenvalue weighted by molar-refractivity contribution is 5.98. The molecule has 0 saturated heterocycles. The first kappa shape index (κ1) is 33.1. The maximum Gasteiger partial charge on any atom is 0.418 e. The van der Waals surface area contributed by atoms with Gasteiger partial charge in [-0.2, -0.15) is 18.3 Å². The number of hydrogen-bond donors (Lipinski definition) is 4. The van der Waals surface area contributed by atoms with Gasteiger partial charge in [0.1, 0.15) is 23.3 Å². The zero-order valence-electron chi connectivity index (χ0n) is 25.3. The van der Waals surface area contributed by atoms with E-state index < -0.39 is 53.8 Å². The summed E-state index contributed by atoms with van der Waals surface area (Å²) in [6.45, 7) is 5.22. The molecule has 4 aromatic rings. The second-order valence-electron chi connectivity index (χ2n) is 11.6. The molecule has 5 N–H and O–H groups in total. The summed E-state index contributed by atoms with van der Waals surface area (Å²) in [5.41, 5.74) is 2.69. The van der Waals surface area contributed by atoms with E-state index in [4.69, 9.17) is 10.5 Å². The molecule has 0 fully saturated rings. The molecule has 238 valence electrons. The number of primary amides is 1. The standard InChI is InChI=1S/C32H33F4N5O4/c1-18-11-25(38-17-31(44,32(34,35)36)16-30(3,4)24-14-21(33)9-10-27(24)45-5)23-15-39-41(26(23)12-18)22-8-6-7-20(13-22)29(43)40-19(2)28(37)42/h7,9-15,19,38,44H,16-17H2,1-5H3,(H2,37,42)(H,40,43)/t19-,31?/m1/s1. The summed E-state index contributed by atoms with van der Waals surface area (Å²) in [5.74, 6) is -1.73. The number of rotatable bonds is 11. The molecule has 0 spiro atoms. The van der Waals surface area contributed by atoms with Crippen LogP contribution < -0.4 is 21.1 Å². The number of amides is 2. The summed E-state index contributed by atoms with van der Waals surface area (Å²) in [5, 5.41) is 21.2. The van der Waals surface area contributed by atoms with Crippen LogP contribution in [0.4, 0.5) is 23.2 Å². The molecule has 0 saturated carbocycles. The zero-order chi connectivity index (χ0) is 33.3. The number of aryl methyl sites for hydroxylation is 1. The number of benzene rings is 2. The average Bonchev–Trinajstić information content (AvgIpc) is 3.39. The lowest BCUT2D eigenvalue weighted by molar-refractivity contribution is -0.260. The van der Waals surface area contributed by atoms with Crippen molar-refractivity contribution >= 4 is 28.4 Å². The molecular formula is C32H33F4N5O4. The Morgan fingerprint density at radius 3 is 2.53 bits per heavy atom. The molecule has 1 heterocycles. The van der Waals surface area contributed by atoms with Crippen LogP contribution in [0.25, 0.3) is 16.6 Å². The molecular weight excluding hydrogens is 594 g/mol. The van der Waals surface area contributed by atoms with Gasteiger partial charge in [0.05, 0.1) is 30.9 Å². The first-order valence-electron chi connectivity index (χ1n) is 13.8. The molecule has 2 amide bonds. The number of nitrogens with one attached hydrogen (secondary N) is 2. The van der Waals surface area contributed by atoms with E-state index in [9.17, 15) is 32.3 Å². The normalized spacial score (nSPS) is 13.9. The number of nitrogens with two attached hydrogens (primary N) is 1. The number of carbonyl (C=O) groups is 2. The number of halogens is 4. The van der Waals surface area contributed by atoms with E-state index in [0.717, 1.165) is 12.1 Å². The number of aromatic nitrogens is 2. The Kier molecular flexibility index (Phi) is 9.02. The monoisotopic (exact) mass is 627 g/mol. The summed E-state index contributed by atoms with van der Waals surface area (Å²) < 4.78 is 64.2. The lowest BCUT2D eigenvalue weighted by atomic mass is 9.74. The highest BCUT2D eigenvalue weighted by Gasteiger charge is 2.56. The fourth-order valence-corrected chi connectivity index (χ4v) is 5.15. The third-order valence-electron chi connectivity index (χ3n) is 7.54. The molecule has 0 radical (unpaired) electrons. The number of aliphatic hydroxyl groups is 1. The molecule has 4 rings (SSSR count). The first-order chi connectivity index (χ1) is 21.0. The fraction of sp³-hybridized carbons (Fsp3) is 0.344. The summed E-state index contributed by atoms with van der Waals surface area (Å²) >= 11 is 0. The zero-order valence-corrected chi connectivity index (χ0v) is 25.3. The summed E-state index contributed by atoms with van der Waals surface area (Å²) in [7, 11) is 1.33. The minimum absolute atomic E-state index is 0.152. The summed E-state index contributed by atoms with van der Waals surface area (Å²) in [4.78, 5) is 24.0. The SMILES string of the molecule is COc1ccc(F)cc1C(C)(C)CC(O)(CNc1cc(C)cc2c1cnn2-c1c#ccc(C(=O)N[C@H](C)C(N)=O)c1)C(F)(F)F. The fourth-order valence-electron chi connectivity index (χ4n) is 5.15. The minimum atomic E-state index is -5.05. The van der Waals surface area contributed by atoms with Gasteiger partial charge in [-0.3, -0.25) is 9.59 Å². The molecule has 1 aromatic heterocycles. The van der Waals surface area contributed by atoms with Crippen molar-refractivity contribution in [3.05, 3.63) is 83.3 Å². The van der Waals surface area contributed by atoms with Crippen LogP contribution in [0.1, 0.15) is 48.7 Å². The van der Waals surface area contributed by atoms with E-state index in [1.165, 1.54) is 57.0 Å². The van der Waals surface area contributed by atoms with Gasteiger partial charge < -0.3 is 26.2 Å². The maximum absolute atomic E-state index is 14.5. The minimum Gasteiger partial charge on any atom is -0.496 e. The third-order valence-corrected chi connectivity index (χ3v) is 7.54. The van der Waals surface area contributed by atoms with Crippen molar-refractivity contribution in [3.8, 4) is 11.4 Å². The Bertz CT molecular complexity index is 1740. The third kappa shape index (κ3) is 6.96. The van der Waals surface area contributed by atoms with Crippen LogP contribution in [0.5, 0.6) is 5.75 Å². The summed E-state index contributed by atoms with van der Waals surface area (Å²) in [6.07, 6.45) is -4.43. The van der Waals surface area contributed by atoms with Gasteiger partial charge in [-0.05, 0) is 73.7 Å². The van der Waals surface area contributed by atoms with Crippen LogP contribution in [-0.2, 0) is 10.2 Å². The van der Waals surface area contributed by atoms with Crippen LogP contribution >= 0.6 is 0 Å². The van der Waals surface area contributed by atoms with Gasteiger partial charge in [0, 0.05) is 22.7 Å². The molecule has 0 bridgehead atoms. The molecule has 13 heteroatoms. The topological polar surface area (TPSA) is 132 Å². The average molecular weight is 628 g/mol. The van der Waals surface area contributed by atoms with Gasteiger partial charge in [-0.25, -0.2) is 9.07 Å². The lowest BCUT2D eigenvalue weighted by Gasteiger charge is -2.38. The number of carbonyl (C=O) groups excluding carboxylic acids is 2. The number of anilines is 1. The Hall–Kier alpha value is -4.83. The molecule has 0 aliphatic heterocycles. The van der Waals surface area contributed by atoms with Crippen molar-refractivity contribution in [3.63, 3.8) is 0 Å². The number of fused-ring (bicyclic) bond motifs is 1. The Morgan fingerprint density at radius 2 is 1.89 bits per heavy atom. The molecule has 3 aromatic carbocycles. The van der Waals surface area contributed by atoms with E-state index in [2.05, 4.69) is 27.9 Å². The van der Waals surface area contributed by atoms with E-state index >= 15 is 0 Å². The molecule has 1 unspecified atom stereocenters. The van der Waals surface area contributed by atoms with Crippen molar-refractivity contribution < 1.29 is 37.0 Å². The lowest BCUT2D eigenvalue weighted by Crippen LogP contribution is -2.53. The van der Waals surface area contributed by atoms with Crippen LogP contribution in [0.3, 0.4) is 0 Å². The van der Waals surface area contributed by atoms with Gasteiger partial charge >= 0.3 is 6.18 Å². The van der Waals surface area contributed by atoms with Gasteiger partial charge in [0.2, 0.25) is 5.91 Å². The van der Waals surface area contributed by atoms with Crippen LogP contribution in [0.15, 0.2) is 48.7 Å². The number of ether oxygens (including phenoxy) is 1. The molecule has 9 nitrogen and oxygen atoms in total. The Balaban J connectivity index is 1.66. The van der Waals surface area contributed by atoms with Crippen LogP contribution in [0.2, 0.25) is 0 Å². The highest BCUT2D eigenvalue weighted by Crippen LogP contribution is 2.44. The predicted octanol–water partition coefficient (Wildman–Crippen LogP) is 4.76. The quantitative estimate of drug-likeness (QED) is 0.178. The smallest absolute Gasteiger partial charge is 0.418 e. The number of methoxy groups -OCH3 is 1. The Labute approximate surface area is 257 Å². The van der Waals surface area contributed by atoms with Gasteiger partial charge in [-0.1, -0.05) is 19.9 Å². The first-order valence-corrected chi connectivity index (χ1v) is 13.8. The number of alkyl halides is 3. The highest BCUT2D eigenvalue weighted by atomic mass is 19.4. The maximum atomic E-state index is 14.5. The van der Waals surface area contributed by atoms with Gasteiger partial charge in [0.25, 0.3) is 5.91 Å². The summed E-state index contributed by atoms with van der Waals surface area (Å²) in [6, 6.07) is 14.5. The van der Waals surface area contributed by atoms with E-state index in [1.54, 1.807) is 19.1 Å². The number of nitrogens with zero attached hydrogens (tertiary/aromatic N) is 2. The van der Waals surface area contributed by atoms with E-state index in [1.807, 2.05) is 0 Å². The van der Waals surface area contributed by atoms with Crippen molar-refractivity contribution in [2.24, 2.45) is 5.73 Å².